The average molecular weight is 947 g/mol. The van der Waals surface area contributed by atoms with Crippen molar-refractivity contribution in [3.05, 3.63) is 132 Å². The van der Waals surface area contributed by atoms with Crippen LogP contribution in [0.15, 0.2) is 108 Å². The summed E-state index contributed by atoms with van der Waals surface area (Å²) in [7, 11) is 3.22. The number of imidazole rings is 2. The van der Waals surface area contributed by atoms with Crippen LogP contribution < -0.4 is 18.9 Å². The Hall–Kier alpha value is -7.69. The summed E-state index contributed by atoms with van der Waals surface area (Å²) in [4.78, 5) is 68.2. The lowest BCUT2D eigenvalue weighted by atomic mass is 9.74. The van der Waals surface area contributed by atoms with Crippen molar-refractivity contribution in [3.8, 4) is 34.6 Å². The van der Waals surface area contributed by atoms with Gasteiger partial charge in [-0.05, 0) is 112 Å². The van der Waals surface area contributed by atoms with Gasteiger partial charge in [0, 0.05) is 77.7 Å². The summed E-state index contributed by atoms with van der Waals surface area (Å²) in [6.45, 7) is 4.74. The van der Waals surface area contributed by atoms with E-state index in [1.54, 1.807) is 45.5 Å². The van der Waals surface area contributed by atoms with Gasteiger partial charge in [-0.1, -0.05) is 0 Å². The van der Waals surface area contributed by atoms with Gasteiger partial charge in [-0.2, -0.15) is 0 Å². The number of hydrogen-bond acceptors (Lipinski definition) is 15. The molecule has 17 nitrogen and oxygen atoms in total. The lowest BCUT2D eigenvalue weighted by Gasteiger charge is -2.38. The Kier molecular flexibility index (Phi) is 13.2. The van der Waals surface area contributed by atoms with Crippen molar-refractivity contribution in [1.82, 2.24) is 29.1 Å². The molecule has 2 aliphatic heterocycles. The molecule has 0 spiro atoms. The number of aliphatic imine (C=N–C) groups is 2. The van der Waals surface area contributed by atoms with Crippen LogP contribution in [0.4, 0.5) is 0 Å². The minimum Gasteiger partial charge on any atom is -0.493 e. The molecule has 70 heavy (non-hydrogen) atoms. The van der Waals surface area contributed by atoms with Crippen LogP contribution in [0, 0.1) is 0 Å². The molecule has 0 N–H and O–H groups in total. The zero-order chi connectivity index (χ0) is 48.3. The highest BCUT2D eigenvalue weighted by molar-refractivity contribution is 6.33. The molecular formula is C53H54N8O9. The smallest absolute Gasteiger partial charge is 0.374 e. The first-order valence-corrected chi connectivity index (χ1v) is 23.9. The van der Waals surface area contributed by atoms with E-state index in [2.05, 4.69) is 15.0 Å². The summed E-state index contributed by atoms with van der Waals surface area (Å²) in [6, 6.07) is 15.6. The van der Waals surface area contributed by atoms with E-state index in [4.69, 9.17) is 43.4 Å². The minimum atomic E-state index is -0.953. The first-order valence-electron chi connectivity index (χ1n) is 23.9. The number of rotatable bonds is 16. The predicted octanol–water partition coefficient (Wildman–Crippen LogP) is 7.51. The van der Waals surface area contributed by atoms with Crippen molar-refractivity contribution >= 4 is 29.1 Å². The maximum Gasteiger partial charge on any atom is 0.374 e. The third-order valence-electron chi connectivity index (χ3n) is 13.6. The van der Waals surface area contributed by atoms with Gasteiger partial charge in [0.2, 0.25) is 5.78 Å². The number of fused-ring (bicyclic) bond motifs is 6. The highest BCUT2D eigenvalue weighted by Gasteiger charge is 2.41. The van der Waals surface area contributed by atoms with Crippen molar-refractivity contribution in [3.63, 3.8) is 0 Å². The second-order valence-electron chi connectivity index (χ2n) is 17.8. The minimum absolute atomic E-state index is 0.0710. The molecule has 6 atom stereocenters. The zero-order valence-corrected chi connectivity index (χ0v) is 39.5. The molecule has 6 heterocycles. The number of carbonyl (C=O) groups excluding carboxylic acids is 3. The molecule has 0 bridgehead atoms. The van der Waals surface area contributed by atoms with Crippen LogP contribution in [-0.4, -0.2) is 110 Å². The topological polar surface area (TPSA) is 193 Å². The summed E-state index contributed by atoms with van der Waals surface area (Å²) in [5.74, 6) is 1.41. The van der Waals surface area contributed by atoms with Gasteiger partial charge in [-0.3, -0.25) is 28.7 Å². The average Bonchev–Trinajstić information content (AvgIpc) is 4.14. The number of hydrogen-bond donors (Lipinski definition) is 0. The third-order valence-corrected chi connectivity index (χ3v) is 13.6. The van der Waals surface area contributed by atoms with Crippen molar-refractivity contribution in [2.24, 2.45) is 9.98 Å². The van der Waals surface area contributed by atoms with E-state index < -0.39 is 29.9 Å². The van der Waals surface area contributed by atoms with Gasteiger partial charge >= 0.3 is 11.9 Å². The van der Waals surface area contributed by atoms with Crippen LogP contribution in [0.5, 0.6) is 23.0 Å². The lowest BCUT2D eigenvalue weighted by molar-refractivity contribution is -0.160. The Balaban J connectivity index is 0.781. The zero-order valence-electron chi connectivity index (χ0n) is 39.5. The van der Waals surface area contributed by atoms with Gasteiger partial charge in [0.05, 0.1) is 57.4 Å². The van der Waals surface area contributed by atoms with Crippen molar-refractivity contribution in [2.75, 3.05) is 27.4 Å². The molecule has 6 aromatic rings. The quantitative estimate of drug-likeness (QED) is 0.0685. The molecule has 0 saturated heterocycles. The molecule has 0 amide bonds. The number of ketones is 1. The highest BCUT2D eigenvalue weighted by Crippen LogP contribution is 2.47. The Morgan fingerprint density at radius 2 is 1.11 bits per heavy atom. The van der Waals surface area contributed by atoms with E-state index in [-0.39, 0.29) is 36.8 Å². The maximum atomic E-state index is 13.4. The molecular weight excluding hydrogens is 893 g/mol. The Morgan fingerprint density at radius 1 is 0.614 bits per heavy atom. The Labute approximate surface area is 404 Å². The van der Waals surface area contributed by atoms with Crippen LogP contribution in [0.25, 0.3) is 11.6 Å². The summed E-state index contributed by atoms with van der Waals surface area (Å²) in [5.41, 5.74) is 7.10. The van der Waals surface area contributed by atoms with E-state index in [1.165, 1.54) is 0 Å². The fraction of sp³-hybridized carbons (Fsp3) is 0.377. The van der Waals surface area contributed by atoms with E-state index >= 15 is 0 Å². The number of benzene rings is 2. The molecule has 2 aliphatic carbocycles. The highest BCUT2D eigenvalue weighted by atomic mass is 16.6. The van der Waals surface area contributed by atoms with Crippen molar-refractivity contribution in [1.29, 1.82) is 0 Å². The standard InChI is InChI=1S/C53H54N8O9/c1-5-67-46-23-35-37-21-33(9-11-41(37)58-51(39(35)25-44(46)65-3)31-7-14-48(56-27-31)60-19-17-54-29-60)69-50(63)16-13-43(62)53(64)70-34-10-12-42-38(22-34)36-24-47(68-6-2)45(66-4)26-40(36)52(59-42)32-8-15-49(57-28-32)61-20-18-55-30-61/h7-8,14-15,17-20,23-30,33-34,37-38,41-42H,5-6,9-13,16,21-22H2,1-4H3/t33-,34-,37-,38-,41-,42-/m1/s1. The predicted molar refractivity (Wildman–Crippen MR) is 257 cm³/mol. The Bertz CT molecular complexity index is 2940. The molecule has 17 heteroatoms. The van der Waals surface area contributed by atoms with E-state index in [0.29, 0.717) is 74.7 Å². The number of Topliss-reactive ketones (excluding diaryl/α,β-unsaturated/α-hetero) is 1. The monoisotopic (exact) mass is 946 g/mol. The van der Waals surface area contributed by atoms with Gasteiger partial charge in [-0.25, -0.2) is 24.7 Å². The molecule has 2 saturated carbocycles. The summed E-state index contributed by atoms with van der Waals surface area (Å²) < 4.78 is 39.1. The van der Waals surface area contributed by atoms with Crippen LogP contribution in [0.3, 0.4) is 0 Å². The summed E-state index contributed by atoms with van der Waals surface area (Å²) in [5, 5.41) is 0. The number of pyridine rings is 2. The fourth-order valence-electron chi connectivity index (χ4n) is 10.3. The van der Waals surface area contributed by atoms with Gasteiger partial charge in [-0.15, -0.1) is 0 Å². The van der Waals surface area contributed by atoms with Crippen molar-refractivity contribution < 1.29 is 42.8 Å². The van der Waals surface area contributed by atoms with Crippen molar-refractivity contribution in [2.45, 2.75) is 101 Å². The number of nitrogens with zero attached hydrogens (tertiary/aromatic N) is 8. The summed E-state index contributed by atoms with van der Waals surface area (Å²) in [6.07, 6.45) is 16.0. The first kappa shape index (κ1) is 46.1. The molecule has 4 aliphatic rings. The molecule has 360 valence electrons. The molecule has 0 radical (unpaired) electrons. The second-order valence-corrected chi connectivity index (χ2v) is 17.8. The largest absolute Gasteiger partial charge is 0.493 e. The number of methoxy groups -OCH3 is 2. The van der Waals surface area contributed by atoms with E-state index in [0.717, 1.165) is 56.4 Å². The number of ether oxygens (including phenoxy) is 6. The number of esters is 2. The van der Waals surface area contributed by atoms with Crippen LogP contribution in [-0.2, 0) is 23.9 Å². The maximum absolute atomic E-state index is 13.4. The van der Waals surface area contributed by atoms with Gasteiger partial charge < -0.3 is 28.4 Å². The lowest BCUT2D eigenvalue weighted by Crippen LogP contribution is -2.37. The first-order chi connectivity index (χ1) is 34.2. The molecule has 10 rings (SSSR count). The second kappa shape index (κ2) is 20.1. The van der Waals surface area contributed by atoms with Crippen LogP contribution in [0.1, 0.15) is 110 Å². The molecule has 2 aromatic carbocycles. The van der Waals surface area contributed by atoms with Crippen LogP contribution in [0.2, 0.25) is 0 Å². The molecule has 2 fully saturated rings. The number of carbonyl (C=O) groups is 3. The third kappa shape index (κ3) is 9.27. The van der Waals surface area contributed by atoms with Gasteiger partial charge in [0.15, 0.2) is 23.0 Å². The van der Waals surface area contributed by atoms with Gasteiger partial charge in [0.25, 0.3) is 0 Å². The van der Waals surface area contributed by atoms with Gasteiger partial charge in [0.1, 0.15) is 36.5 Å². The number of aromatic nitrogens is 6. The molecule has 0 unspecified atom stereocenters. The summed E-state index contributed by atoms with van der Waals surface area (Å²) >= 11 is 0. The SMILES string of the molecule is CCOc1cc2c(cc1OC)C(c1ccc(-n3ccnc3)nc1)=N[C@@H]1CC[C@@H](OC(=O)CCC(=O)C(=O)O[C@@H]3CC[C@H]4N=C(c5ccc(-n6ccnc6)nc5)c5cc(OC)c(OCC)cc5[C@H]4C3)C[C@H]21. The fourth-order valence-corrected chi connectivity index (χ4v) is 10.3. The Morgan fingerprint density at radius 3 is 1.54 bits per heavy atom. The normalized spacial score (nSPS) is 21.1. The molecule has 4 aromatic heterocycles. The van der Waals surface area contributed by atoms with E-state index in [9.17, 15) is 14.4 Å². The van der Waals surface area contributed by atoms with E-state index in [1.807, 2.05) is 90.1 Å². The van der Waals surface area contributed by atoms with Crippen LogP contribution >= 0.6 is 0 Å².